The molecule has 1 unspecified atom stereocenters. The van der Waals surface area contributed by atoms with Crippen LogP contribution in [-0.4, -0.2) is 42.0 Å². The maximum atomic E-state index is 12.7. The zero-order valence-electron chi connectivity index (χ0n) is 13.6. The maximum absolute atomic E-state index is 12.7. The third-order valence-corrected chi connectivity index (χ3v) is 6.05. The van der Waals surface area contributed by atoms with Crippen molar-refractivity contribution in [3.63, 3.8) is 0 Å². The summed E-state index contributed by atoms with van der Waals surface area (Å²) in [6, 6.07) is 18.0. The first-order valence-electron chi connectivity index (χ1n) is 7.63. The highest BCUT2D eigenvalue weighted by atomic mass is 79.9. The van der Waals surface area contributed by atoms with E-state index in [1.807, 2.05) is 30.3 Å². The van der Waals surface area contributed by atoms with E-state index in [0.717, 1.165) is 28.9 Å². The molecule has 1 atom stereocenters. The Balaban J connectivity index is 1.85. The number of likely N-dealkylation sites (N-methyl/N-ethyl adjacent to an activating group) is 1. The number of rotatable bonds is 7. The summed E-state index contributed by atoms with van der Waals surface area (Å²) >= 11 is 3.39. The van der Waals surface area contributed by atoms with E-state index in [0.29, 0.717) is 6.54 Å². The molecule has 0 spiro atoms. The smallest absolute Gasteiger partial charge is 0.0723 e. The van der Waals surface area contributed by atoms with Crippen LogP contribution in [-0.2, 0) is 16.1 Å². The van der Waals surface area contributed by atoms with Crippen molar-refractivity contribution >= 4 is 25.7 Å². The van der Waals surface area contributed by atoms with E-state index in [4.69, 9.17) is 0 Å². The largest absolute Gasteiger partial charge is 0.304 e. The van der Waals surface area contributed by atoms with Crippen LogP contribution in [0.2, 0.25) is 0 Å². The van der Waals surface area contributed by atoms with Crippen LogP contribution in [0.4, 0.5) is 0 Å². The van der Waals surface area contributed by atoms with E-state index < -0.39 is 9.73 Å². The van der Waals surface area contributed by atoms with Gasteiger partial charge in [0.05, 0.1) is 16.3 Å². The molecule has 0 aromatic heterocycles. The molecular weight excluding hydrogens is 372 g/mol. The van der Waals surface area contributed by atoms with Crippen molar-refractivity contribution in [3.05, 3.63) is 64.6 Å². The lowest BCUT2D eigenvalue weighted by molar-refractivity contribution is 0.348. The van der Waals surface area contributed by atoms with Crippen molar-refractivity contribution in [1.82, 2.24) is 4.90 Å². The van der Waals surface area contributed by atoms with Gasteiger partial charge in [0.15, 0.2) is 0 Å². The summed E-state index contributed by atoms with van der Waals surface area (Å²) in [5.41, 5.74) is 1.34. The van der Waals surface area contributed by atoms with Gasteiger partial charge in [-0.1, -0.05) is 46.3 Å². The molecule has 0 radical (unpaired) electrons. The molecule has 0 saturated carbocycles. The molecule has 0 amide bonds. The zero-order valence-corrected chi connectivity index (χ0v) is 16.0. The minimum atomic E-state index is -2.31. The fraction of sp³-hybridized carbons (Fsp3) is 0.333. The van der Waals surface area contributed by atoms with Gasteiger partial charge >= 0.3 is 0 Å². The summed E-state index contributed by atoms with van der Waals surface area (Å²) in [6.07, 6.45) is 2.73. The Morgan fingerprint density at radius 2 is 1.70 bits per heavy atom. The molecule has 2 rings (SSSR count). The van der Waals surface area contributed by atoms with E-state index >= 15 is 0 Å². The molecule has 2 aromatic carbocycles. The Morgan fingerprint density at radius 3 is 2.35 bits per heavy atom. The SMILES string of the molecule is CN(CCN=S(C)(=O)c1ccc(Br)cc1)CCc1ccccc1. The average molecular weight is 395 g/mol. The van der Waals surface area contributed by atoms with E-state index in [1.54, 1.807) is 6.26 Å². The molecule has 0 bridgehead atoms. The van der Waals surface area contributed by atoms with Gasteiger partial charge in [0.1, 0.15) is 0 Å². The minimum absolute atomic E-state index is 0.580. The number of benzene rings is 2. The van der Waals surface area contributed by atoms with Crippen molar-refractivity contribution < 1.29 is 4.21 Å². The van der Waals surface area contributed by atoms with Crippen LogP contribution >= 0.6 is 15.9 Å². The molecule has 0 fully saturated rings. The highest BCUT2D eigenvalue weighted by molar-refractivity contribution is 9.10. The molecule has 0 heterocycles. The van der Waals surface area contributed by atoms with Crippen LogP contribution in [0, 0.1) is 0 Å². The predicted octanol–water partition coefficient (Wildman–Crippen LogP) is 4.08. The summed E-state index contributed by atoms with van der Waals surface area (Å²) in [5.74, 6) is 0. The Morgan fingerprint density at radius 1 is 1.04 bits per heavy atom. The predicted molar refractivity (Wildman–Crippen MR) is 101 cm³/mol. The highest BCUT2D eigenvalue weighted by Gasteiger charge is 2.06. The second-order valence-electron chi connectivity index (χ2n) is 5.65. The first-order valence-corrected chi connectivity index (χ1v) is 10.3. The fourth-order valence-electron chi connectivity index (χ4n) is 2.22. The number of halogens is 1. The lowest BCUT2D eigenvalue weighted by atomic mass is 10.1. The summed E-state index contributed by atoms with van der Waals surface area (Å²) in [7, 11) is -0.233. The van der Waals surface area contributed by atoms with Gasteiger partial charge in [0.2, 0.25) is 0 Å². The number of hydrogen-bond donors (Lipinski definition) is 0. The summed E-state index contributed by atoms with van der Waals surface area (Å²) < 4.78 is 18.1. The van der Waals surface area contributed by atoms with Crippen LogP contribution in [0.3, 0.4) is 0 Å². The number of nitrogens with zero attached hydrogens (tertiary/aromatic N) is 2. The molecule has 0 aliphatic carbocycles. The van der Waals surface area contributed by atoms with E-state index in [2.05, 4.69) is 56.5 Å². The molecule has 0 N–H and O–H groups in total. The van der Waals surface area contributed by atoms with Gasteiger partial charge in [-0.2, -0.15) is 0 Å². The van der Waals surface area contributed by atoms with Crippen molar-refractivity contribution in [1.29, 1.82) is 0 Å². The van der Waals surface area contributed by atoms with Crippen molar-refractivity contribution in [2.75, 3.05) is 32.9 Å². The van der Waals surface area contributed by atoms with Crippen LogP contribution < -0.4 is 0 Å². The molecule has 0 saturated heterocycles. The molecule has 5 heteroatoms. The van der Waals surface area contributed by atoms with Gasteiger partial charge in [-0.05, 0) is 43.3 Å². The fourth-order valence-corrected chi connectivity index (χ4v) is 3.71. The Bertz CT molecular complexity index is 722. The lowest BCUT2D eigenvalue weighted by Gasteiger charge is -2.15. The van der Waals surface area contributed by atoms with Gasteiger partial charge in [-0.3, -0.25) is 0 Å². The maximum Gasteiger partial charge on any atom is 0.0723 e. The molecule has 0 aliphatic heterocycles. The third kappa shape index (κ3) is 6.09. The highest BCUT2D eigenvalue weighted by Crippen LogP contribution is 2.16. The summed E-state index contributed by atoms with van der Waals surface area (Å²) in [4.78, 5) is 3.01. The Hall–Kier alpha value is -1.17. The van der Waals surface area contributed by atoms with E-state index in [-0.39, 0.29) is 0 Å². The second-order valence-corrected chi connectivity index (χ2v) is 8.90. The van der Waals surface area contributed by atoms with Crippen molar-refractivity contribution in [2.24, 2.45) is 4.36 Å². The van der Waals surface area contributed by atoms with E-state index in [9.17, 15) is 4.21 Å². The first kappa shape index (κ1) is 18.2. The molecule has 3 nitrogen and oxygen atoms in total. The Labute approximate surface area is 148 Å². The second kappa shape index (κ2) is 8.62. The molecule has 124 valence electrons. The molecule has 2 aromatic rings. The van der Waals surface area contributed by atoms with Gasteiger partial charge in [-0.25, -0.2) is 8.57 Å². The normalized spacial score (nSPS) is 13.7. The Kier molecular flexibility index (Phi) is 6.81. The first-order chi connectivity index (χ1) is 11.0. The van der Waals surface area contributed by atoms with Gasteiger partial charge in [-0.15, -0.1) is 0 Å². The van der Waals surface area contributed by atoms with Crippen molar-refractivity contribution in [3.8, 4) is 0 Å². The van der Waals surface area contributed by atoms with Gasteiger partial charge in [0.25, 0.3) is 0 Å². The zero-order chi connectivity index (χ0) is 16.7. The number of hydrogen-bond acceptors (Lipinski definition) is 3. The molecular formula is C18H23BrN2OS. The van der Waals surface area contributed by atoms with Crippen LogP contribution in [0.15, 0.2) is 68.3 Å². The standard InChI is InChI=1S/C18H23BrN2OS/c1-21(14-12-16-6-4-3-5-7-16)15-13-20-23(2,22)18-10-8-17(19)9-11-18/h3-11H,12-15H2,1-2H3. The monoisotopic (exact) mass is 394 g/mol. The average Bonchev–Trinajstić information content (AvgIpc) is 2.54. The lowest BCUT2D eigenvalue weighted by Crippen LogP contribution is -2.24. The van der Waals surface area contributed by atoms with Crippen molar-refractivity contribution in [2.45, 2.75) is 11.3 Å². The van der Waals surface area contributed by atoms with Gasteiger partial charge < -0.3 is 4.90 Å². The van der Waals surface area contributed by atoms with E-state index in [1.165, 1.54) is 5.56 Å². The quantitative estimate of drug-likeness (QED) is 0.708. The van der Waals surface area contributed by atoms with Crippen LogP contribution in [0.5, 0.6) is 0 Å². The third-order valence-electron chi connectivity index (χ3n) is 3.70. The topological polar surface area (TPSA) is 32.7 Å². The summed E-state index contributed by atoms with van der Waals surface area (Å²) in [5, 5.41) is 0. The van der Waals surface area contributed by atoms with Crippen LogP contribution in [0.25, 0.3) is 0 Å². The minimum Gasteiger partial charge on any atom is -0.304 e. The van der Waals surface area contributed by atoms with Crippen LogP contribution in [0.1, 0.15) is 5.56 Å². The molecule has 23 heavy (non-hydrogen) atoms. The summed E-state index contributed by atoms with van der Waals surface area (Å²) in [6.45, 7) is 2.37. The molecule has 0 aliphatic rings. The van der Waals surface area contributed by atoms with Gasteiger partial charge in [0, 0.05) is 28.7 Å².